The highest BCUT2D eigenvalue weighted by Gasteiger charge is 2.08. The van der Waals surface area contributed by atoms with Crippen molar-refractivity contribution in [2.45, 2.75) is 15.5 Å². The maximum atomic E-state index is 9.19. The lowest BCUT2D eigenvalue weighted by Crippen LogP contribution is -1.86. The van der Waals surface area contributed by atoms with Crippen LogP contribution >= 0.6 is 23.5 Å². The van der Waals surface area contributed by atoms with Crippen molar-refractivity contribution < 1.29 is 4.42 Å². The van der Waals surface area contributed by atoms with E-state index in [1.54, 1.807) is 29.8 Å². The maximum Gasteiger partial charge on any atom is 0.113 e. The number of nitriles is 1. The Morgan fingerprint density at radius 1 is 1.24 bits per heavy atom. The molecule has 0 saturated heterocycles. The minimum atomic E-state index is 0.750. The van der Waals surface area contributed by atoms with E-state index in [1.807, 2.05) is 36.6 Å². The van der Waals surface area contributed by atoms with Crippen molar-refractivity contribution in [3.05, 3.63) is 47.9 Å². The maximum absolute atomic E-state index is 9.19. The van der Waals surface area contributed by atoms with Gasteiger partial charge in [0.15, 0.2) is 0 Å². The molecule has 17 heavy (non-hydrogen) atoms. The van der Waals surface area contributed by atoms with E-state index < -0.39 is 0 Å². The summed E-state index contributed by atoms with van der Waals surface area (Å²) in [6.07, 6.45) is 3.65. The lowest BCUT2D eigenvalue weighted by molar-refractivity contribution is 0.530. The van der Waals surface area contributed by atoms with Crippen LogP contribution in [0.25, 0.3) is 0 Å². The van der Waals surface area contributed by atoms with Gasteiger partial charge in [-0.15, -0.1) is 23.5 Å². The van der Waals surface area contributed by atoms with Crippen molar-refractivity contribution in [3.63, 3.8) is 0 Å². The van der Waals surface area contributed by atoms with E-state index in [9.17, 15) is 5.26 Å². The molecular formula is C13H11NOS2. The summed E-state index contributed by atoms with van der Waals surface area (Å²) in [5.74, 6) is 1.67. The van der Waals surface area contributed by atoms with Gasteiger partial charge >= 0.3 is 0 Å². The van der Waals surface area contributed by atoms with Crippen LogP contribution in [-0.2, 0) is 5.75 Å². The van der Waals surface area contributed by atoms with Gasteiger partial charge in [-0.1, -0.05) is 6.07 Å². The zero-order chi connectivity index (χ0) is 12.1. The molecule has 0 atom stereocenters. The monoisotopic (exact) mass is 261 g/mol. The molecule has 0 spiro atoms. The fourth-order valence-electron chi connectivity index (χ4n) is 1.46. The van der Waals surface area contributed by atoms with Gasteiger partial charge in [0.25, 0.3) is 0 Å². The van der Waals surface area contributed by atoms with Crippen molar-refractivity contribution in [2.24, 2.45) is 0 Å². The number of furan rings is 1. The average molecular weight is 261 g/mol. The molecule has 2 nitrogen and oxygen atoms in total. The second-order valence-corrected chi connectivity index (χ2v) is 5.18. The molecule has 0 amide bonds. The molecule has 1 aromatic carbocycles. The Morgan fingerprint density at radius 2 is 2.06 bits per heavy atom. The molecule has 0 saturated carbocycles. The van der Waals surface area contributed by atoms with E-state index in [-0.39, 0.29) is 0 Å². The van der Waals surface area contributed by atoms with Crippen molar-refractivity contribution in [1.82, 2.24) is 0 Å². The molecule has 4 heteroatoms. The molecule has 0 fully saturated rings. The highest BCUT2D eigenvalue weighted by molar-refractivity contribution is 7.99. The SMILES string of the molecule is CSc1cccc(SCc2ccco2)c1C#N. The summed E-state index contributed by atoms with van der Waals surface area (Å²) in [6, 6.07) is 12.0. The van der Waals surface area contributed by atoms with E-state index in [4.69, 9.17) is 4.42 Å². The summed E-state index contributed by atoms with van der Waals surface area (Å²) < 4.78 is 5.28. The van der Waals surface area contributed by atoms with Gasteiger partial charge in [-0.25, -0.2) is 0 Å². The van der Waals surface area contributed by atoms with E-state index in [0.717, 1.165) is 26.9 Å². The van der Waals surface area contributed by atoms with Crippen LogP contribution in [0.15, 0.2) is 50.8 Å². The van der Waals surface area contributed by atoms with Gasteiger partial charge in [0.05, 0.1) is 17.6 Å². The zero-order valence-electron chi connectivity index (χ0n) is 9.34. The van der Waals surface area contributed by atoms with Gasteiger partial charge in [0.1, 0.15) is 11.8 Å². The van der Waals surface area contributed by atoms with Gasteiger partial charge in [-0.3, -0.25) is 0 Å². The number of hydrogen-bond donors (Lipinski definition) is 0. The molecule has 2 aromatic rings. The lowest BCUT2D eigenvalue weighted by Gasteiger charge is -2.06. The minimum absolute atomic E-state index is 0.750. The summed E-state index contributed by atoms with van der Waals surface area (Å²) in [4.78, 5) is 2.03. The van der Waals surface area contributed by atoms with Crippen LogP contribution in [-0.4, -0.2) is 6.26 Å². The van der Waals surface area contributed by atoms with Crippen molar-refractivity contribution in [3.8, 4) is 6.07 Å². The second kappa shape index (κ2) is 5.85. The first-order valence-electron chi connectivity index (χ1n) is 5.07. The lowest BCUT2D eigenvalue weighted by atomic mass is 10.2. The molecule has 1 aromatic heterocycles. The van der Waals surface area contributed by atoms with Crippen molar-refractivity contribution in [1.29, 1.82) is 5.26 Å². The molecule has 0 aliphatic heterocycles. The predicted octanol–water partition coefficient (Wildman–Crippen LogP) is 4.17. The number of thioether (sulfide) groups is 2. The van der Waals surface area contributed by atoms with Crippen LogP contribution in [0, 0.1) is 11.3 Å². The first kappa shape index (κ1) is 12.2. The molecular weight excluding hydrogens is 250 g/mol. The largest absolute Gasteiger partial charge is 0.468 e. The number of benzene rings is 1. The molecule has 1 heterocycles. The van der Waals surface area contributed by atoms with Crippen LogP contribution in [0.3, 0.4) is 0 Å². The highest BCUT2D eigenvalue weighted by atomic mass is 32.2. The van der Waals surface area contributed by atoms with Crippen LogP contribution in [0.1, 0.15) is 11.3 Å². The third-order valence-corrected chi connectivity index (χ3v) is 4.13. The topological polar surface area (TPSA) is 36.9 Å². The fraction of sp³-hybridized carbons (Fsp3) is 0.154. The Hall–Kier alpha value is -1.31. The molecule has 0 N–H and O–H groups in total. The van der Waals surface area contributed by atoms with E-state index >= 15 is 0 Å². The molecule has 0 bridgehead atoms. The minimum Gasteiger partial charge on any atom is -0.468 e. The number of hydrogen-bond acceptors (Lipinski definition) is 4. The smallest absolute Gasteiger partial charge is 0.113 e. The Morgan fingerprint density at radius 3 is 2.71 bits per heavy atom. The number of rotatable bonds is 4. The van der Waals surface area contributed by atoms with Crippen LogP contribution in [0.5, 0.6) is 0 Å². The van der Waals surface area contributed by atoms with Gasteiger partial charge in [-0.2, -0.15) is 5.26 Å². The normalized spacial score (nSPS) is 10.1. The van der Waals surface area contributed by atoms with Gasteiger partial charge in [0, 0.05) is 9.79 Å². The summed E-state index contributed by atoms with van der Waals surface area (Å²) in [5.41, 5.74) is 0.761. The van der Waals surface area contributed by atoms with Gasteiger partial charge in [-0.05, 0) is 30.5 Å². The summed E-state index contributed by atoms with van der Waals surface area (Å²) in [5, 5.41) is 9.19. The van der Waals surface area contributed by atoms with Gasteiger partial charge < -0.3 is 4.42 Å². The van der Waals surface area contributed by atoms with Gasteiger partial charge in [0.2, 0.25) is 0 Å². The molecule has 86 valence electrons. The molecule has 0 unspecified atom stereocenters. The Labute approximate surface area is 109 Å². The standard InChI is InChI=1S/C13H11NOS2/c1-16-12-5-2-6-13(11(12)8-14)17-9-10-4-3-7-15-10/h2-7H,9H2,1H3. The van der Waals surface area contributed by atoms with E-state index in [1.165, 1.54) is 0 Å². The number of nitrogens with zero attached hydrogens (tertiary/aromatic N) is 1. The summed E-state index contributed by atoms with van der Waals surface area (Å²) >= 11 is 3.23. The van der Waals surface area contributed by atoms with Crippen LogP contribution in [0.4, 0.5) is 0 Å². The molecule has 0 radical (unpaired) electrons. The molecule has 0 aliphatic carbocycles. The Balaban J connectivity index is 2.18. The average Bonchev–Trinajstić information content (AvgIpc) is 2.88. The fourth-order valence-corrected chi connectivity index (χ4v) is 3.03. The predicted molar refractivity (Wildman–Crippen MR) is 71.2 cm³/mol. The Kier molecular flexibility index (Phi) is 4.18. The second-order valence-electron chi connectivity index (χ2n) is 3.31. The first-order chi connectivity index (χ1) is 8.35. The van der Waals surface area contributed by atoms with Crippen molar-refractivity contribution in [2.75, 3.05) is 6.26 Å². The molecule has 2 rings (SSSR count). The summed E-state index contributed by atoms with van der Waals surface area (Å²) in [6.45, 7) is 0. The zero-order valence-corrected chi connectivity index (χ0v) is 11.0. The summed E-state index contributed by atoms with van der Waals surface area (Å²) in [7, 11) is 0. The van der Waals surface area contributed by atoms with E-state index in [2.05, 4.69) is 6.07 Å². The third-order valence-electron chi connectivity index (χ3n) is 2.27. The quantitative estimate of drug-likeness (QED) is 0.774. The highest BCUT2D eigenvalue weighted by Crippen LogP contribution is 2.31. The van der Waals surface area contributed by atoms with Crippen LogP contribution in [0.2, 0.25) is 0 Å². The van der Waals surface area contributed by atoms with Crippen LogP contribution < -0.4 is 0 Å². The van der Waals surface area contributed by atoms with Crippen molar-refractivity contribution >= 4 is 23.5 Å². The Bertz CT molecular complexity index is 529. The first-order valence-corrected chi connectivity index (χ1v) is 7.28. The molecule has 0 aliphatic rings. The van der Waals surface area contributed by atoms with E-state index in [0.29, 0.717) is 0 Å². The third kappa shape index (κ3) is 2.87.